The Morgan fingerprint density at radius 1 is 0.944 bits per heavy atom. The lowest BCUT2D eigenvalue weighted by Gasteiger charge is -2.32. The van der Waals surface area contributed by atoms with Crippen molar-refractivity contribution in [3.63, 3.8) is 0 Å². The van der Waals surface area contributed by atoms with E-state index in [-0.39, 0.29) is 30.9 Å². The van der Waals surface area contributed by atoms with E-state index in [2.05, 4.69) is 19.2 Å². The third-order valence-corrected chi connectivity index (χ3v) is 6.38. The molecule has 1 unspecified atom stereocenters. The standard InChI is InChI=1S/C30H35ClN2O3/c1-4-18-32-30(35)27(19-23-12-6-5-7-13-23)33(20-24-14-8-10-16-26(24)31)29(34)21-36-28-17-11-9-15-25(28)22(2)3/h5-17,22,27H,4,18-21H2,1-3H3,(H,32,35). The minimum Gasteiger partial charge on any atom is -0.483 e. The highest BCUT2D eigenvalue weighted by Crippen LogP contribution is 2.26. The smallest absolute Gasteiger partial charge is 0.261 e. The van der Waals surface area contributed by atoms with Gasteiger partial charge in [0.1, 0.15) is 11.8 Å². The van der Waals surface area contributed by atoms with E-state index in [0.717, 1.165) is 23.1 Å². The number of ether oxygens (including phenoxy) is 1. The minimum atomic E-state index is -0.716. The third-order valence-electron chi connectivity index (χ3n) is 6.01. The number of rotatable bonds is 12. The normalized spacial score (nSPS) is 11.7. The molecule has 0 aromatic heterocycles. The van der Waals surface area contributed by atoms with Gasteiger partial charge in [0.2, 0.25) is 5.91 Å². The second-order valence-corrected chi connectivity index (χ2v) is 9.50. The minimum absolute atomic E-state index is 0.180. The molecule has 36 heavy (non-hydrogen) atoms. The van der Waals surface area contributed by atoms with Crippen LogP contribution >= 0.6 is 11.6 Å². The molecule has 0 aliphatic rings. The van der Waals surface area contributed by atoms with E-state index in [0.29, 0.717) is 23.7 Å². The van der Waals surface area contributed by atoms with Gasteiger partial charge in [-0.25, -0.2) is 0 Å². The van der Waals surface area contributed by atoms with Crippen LogP contribution in [0.1, 0.15) is 49.8 Å². The molecular weight excluding hydrogens is 472 g/mol. The predicted molar refractivity (Wildman–Crippen MR) is 145 cm³/mol. The Morgan fingerprint density at radius 3 is 2.31 bits per heavy atom. The molecule has 3 aromatic rings. The van der Waals surface area contributed by atoms with Crippen LogP contribution in [-0.2, 0) is 22.6 Å². The Bertz CT molecular complexity index is 1130. The summed E-state index contributed by atoms with van der Waals surface area (Å²) in [5, 5.41) is 3.53. The first kappa shape index (κ1) is 27.3. The van der Waals surface area contributed by atoms with E-state index >= 15 is 0 Å². The van der Waals surface area contributed by atoms with Crippen molar-refractivity contribution in [2.24, 2.45) is 0 Å². The molecule has 0 aliphatic heterocycles. The van der Waals surface area contributed by atoms with Crippen molar-refractivity contribution in [1.82, 2.24) is 10.2 Å². The number of para-hydroxylation sites is 1. The molecule has 3 aromatic carbocycles. The van der Waals surface area contributed by atoms with Crippen LogP contribution in [0.15, 0.2) is 78.9 Å². The molecule has 0 saturated heterocycles. The van der Waals surface area contributed by atoms with Crippen LogP contribution in [0.25, 0.3) is 0 Å². The lowest BCUT2D eigenvalue weighted by atomic mass is 10.0. The third kappa shape index (κ3) is 7.59. The van der Waals surface area contributed by atoms with Crippen LogP contribution in [0.4, 0.5) is 0 Å². The number of carbonyl (C=O) groups excluding carboxylic acids is 2. The quantitative estimate of drug-likeness (QED) is 0.327. The van der Waals surface area contributed by atoms with Crippen LogP contribution in [-0.4, -0.2) is 35.9 Å². The zero-order chi connectivity index (χ0) is 25.9. The number of halogens is 1. The van der Waals surface area contributed by atoms with Gasteiger partial charge in [-0.3, -0.25) is 9.59 Å². The fraction of sp³-hybridized carbons (Fsp3) is 0.333. The van der Waals surface area contributed by atoms with Crippen LogP contribution in [0.5, 0.6) is 5.75 Å². The van der Waals surface area contributed by atoms with Crippen LogP contribution in [0.3, 0.4) is 0 Å². The first-order valence-electron chi connectivity index (χ1n) is 12.5. The number of hydrogen-bond acceptors (Lipinski definition) is 3. The lowest BCUT2D eigenvalue weighted by molar-refractivity contribution is -0.142. The molecule has 6 heteroatoms. The number of carbonyl (C=O) groups is 2. The second kappa shape index (κ2) is 13.7. The summed E-state index contributed by atoms with van der Waals surface area (Å²) < 4.78 is 6.01. The molecule has 0 heterocycles. The highest BCUT2D eigenvalue weighted by atomic mass is 35.5. The predicted octanol–water partition coefficient (Wildman–Crippen LogP) is 6.01. The first-order chi connectivity index (χ1) is 17.4. The molecule has 0 radical (unpaired) electrons. The largest absolute Gasteiger partial charge is 0.483 e. The molecule has 1 atom stereocenters. The number of benzene rings is 3. The fourth-order valence-electron chi connectivity index (χ4n) is 4.04. The second-order valence-electron chi connectivity index (χ2n) is 9.09. The summed E-state index contributed by atoms with van der Waals surface area (Å²) in [6.07, 6.45) is 1.19. The van der Waals surface area contributed by atoms with E-state index in [1.54, 1.807) is 11.0 Å². The summed E-state index contributed by atoms with van der Waals surface area (Å²) in [5.41, 5.74) is 2.78. The molecule has 1 N–H and O–H groups in total. The monoisotopic (exact) mass is 506 g/mol. The SMILES string of the molecule is CCCNC(=O)C(Cc1ccccc1)N(Cc1ccccc1Cl)C(=O)COc1ccccc1C(C)C. The van der Waals surface area contributed by atoms with E-state index in [4.69, 9.17) is 16.3 Å². The van der Waals surface area contributed by atoms with Crippen molar-refractivity contribution in [2.75, 3.05) is 13.2 Å². The number of hydrogen-bond donors (Lipinski definition) is 1. The van der Waals surface area contributed by atoms with E-state index < -0.39 is 6.04 Å². The van der Waals surface area contributed by atoms with Gasteiger partial charge in [-0.05, 0) is 41.2 Å². The Labute approximate surface area is 219 Å². The number of nitrogens with zero attached hydrogens (tertiary/aromatic N) is 1. The summed E-state index contributed by atoms with van der Waals surface area (Å²) in [6.45, 7) is 6.73. The van der Waals surface area contributed by atoms with Gasteiger partial charge in [-0.2, -0.15) is 0 Å². The summed E-state index contributed by atoms with van der Waals surface area (Å²) >= 11 is 6.46. The van der Waals surface area contributed by atoms with Crippen LogP contribution < -0.4 is 10.1 Å². The molecule has 2 amide bonds. The fourth-order valence-corrected chi connectivity index (χ4v) is 4.24. The maximum absolute atomic E-state index is 13.7. The van der Waals surface area contributed by atoms with Gasteiger partial charge >= 0.3 is 0 Å². The van der Waals surface area contributed by atoms with Crippen LogP contribution in [0, 0.1) is 0 Å². The average molecular weight is 507 g/mol. The number of amides is 2. The summed E-state index contributed by atoms with van der Waals surface area (Å²) in [7, 11) is 0. The van der Waals surface area contributed by atoms with Crippen molar-refractivity contribution in [3.8, 4) is 5.75 Å². The average Bonchev–Trinajstić information content (AvgIpc) is 2.89. The van der Waals surface area contributed by atoms with Gasteiger partial charge in [0.15, 0.2) is 6.61 Å². The van der Waals surface area contributed by atoms with Crippen molar-refractivity contribution in [2.45, 2.75) is 52.1 Å². The van der Waals surface area contributed by atoms with Crippen LogP contribution in [0.2, 0.25) is 5.02 Å². The van der Waals surface area contributed by atoms with Gasteiger partial charge in [-0.15, -0.1) is 0 Å². The van der Waals surface area contributed by atoms with E-state index in [1.165, 1.54) is 0 Å². The maximum Gasteiger partial charge on any atom is 0.261 e. The van der Waals surface area contributed by atoms with Crippen molar-refractivity contribution in [3.05, 3.63) is 101 Å². The van der Waals surface area contributed by atoms with Gasteiger partial charge in [0.05, 0.1) is 0 Å². The highest BCUT2D eigenvalue weighted by molar-refractivity contribution is 6.31. The molecule has 0 saturated carbocycles. The zero-order valence-corrected chi connectivity index (χ0v) is 22.0. The first-order valence-corrected chi connectivity index (χ1v) is 12.8. The molecule has 0 aliphatic carbocycles. The molecule has 3 rings (SSSR count). The van der Waals surface area contributed by atoms with E-state index in [9.17, 15) is 9.59 Å². The van der Waals surface area contributed by atoms with Crippen molar-refractivity contribution in [1.29, 1.82) is 0 Å². The van der Waals surface area contributed by atoms with E-state index in [1.807, 2.05) is 79.7 Å². The Balaban J connectivity index is 1.92. The van der Waals surface area contributed by atoms with Crippen molar-refractivity contribution >= 4 is 23.4 Å². The summed E-state index contributed by atoms with van der Waals surface area (Å²) in [4.78, 5) is 28.7. The Hall–Kier alpha value is -3.31. The molecule has 0 fully saturated rings. The van der Waals surface area contributed by atoms with Crippen molar-refractivity contribution < 1.29 is 14.3 Å². The zero-order valence-electron chi connectivity index (χ0n) is 21.2. The summed E-state index contributed by atoms with van der Waals surface area (Å²) in [6, 6.07) is 24.1. The highest BCUT2D eigenvalue weighted by Gasteiger charge is 2.31. The molecule has 5 nitrogen and oxygen atoms in total. The van der Waals surface area contributed by atoms with Gasteiger partial charge < -0.3 is 15.0 Å². The molecular formula is C30H35ClN2O3. The molecule has 0 spiro atoms. The molecule has 190 valence electrons. The lowest BCUT2D eigenvalue weighted by Crippen LogP contribution is -2.51. The van der Waals surface area contributed by atoms with Gasteiger partial charge in [-0.1, -0.05) is 99.1 Å². The number of nitrogens with one attached hydrogen (secondary N) is 1. The Kier molecular flexibility index (Phi) is 10.4. The topological polar surface area (TPSA) is 58.6 Å². The van der Waals surface area contributed by atoms with Gasteiger partial charge in [0.25, 0.3) is 5.91 Å². The van der Waals surface area contributed by atoms with Gasteiger partial charge in [0, 0.05) is 24.5 Å². The summed E-state index contributed by atoms with van der Waals surface area (Å²) in [5.74, 6) is 0.458. The Morgan fingerprint density at radius 2 is 1.61 bits per heavy atom. The maximum atomic E-state index is 13.7. The molecule has 0 bridgehead atoms.